The topological polar surface area (TPSA) is 143 Å². The predicted molar refractivity (Wildman–Crippen MR) is 213 cm³/mol. The Balaban J connectivity index is 2.09. The number of unbranched alkanes of at least 4 members (excludes halogenated alkanes) is 17. The van der Waals surface area contributed by atoms with E-state index in [0.29, 0.717) is 32.1 Å². The van der Waals surface area contributed by atoms with Gasteiger partial charge in [-0.25, -0.2) is 0 Å². The van der Waals surface area contributed by atoms with Crippen LogP contribution in [0.15, 0.2) is 24.3 Å². The third-order valence-corrected chi connectivity index (χ3v) is 10.2. The highest BCUT2D eigenvalue weighted by molar-refractivity contribution is 5.70. The van der Waals surface area contributed by atoms with Crippen LogP contribution in [0.4, 0.5) is 0 Å². The molecule has 1 rings (SSSR count). The second kappa shape index (κ2) is 33.5. The monoisotopic (exact) mass is 753 g/mol. The summed E-state index contributed by atoms with van der Waals surface area (Å²) in [5, 5.41) is 40.4. The molecule has 1 saturated heterocycles. The van der Waals surface area contributed by atoms with Crippen LogP contribution in [0, 0.1) is 11.8 Å². The molecule has 0 radical (unpaired) electrons. The molecular formula is C44H80O9. The summed E-state index contributed by atoms with van der Waals surface area (Å²) >= 11 is 0. The molecule has 0 saturated carbocycles. The average molecular weight is 753 g/mol. The maximum Gasteiger partial charge on any atom is 0.306 e. The molecule has 1 aliphatic heterocycles. The van der Waals surface area contributed by atoms with Crippen LogP contribution in [0.2, 0.25) is 0 Å². The molecular weight excluding hydrogens is 672 g/mol. The van der Waals surface area contributed by atoms with E-state index in [9.17, 15) is 30.0 Å². The van der Waals surface area contributed by atoms with Gasteiger partial charge in [-0.3, -0.25) is 9.59 Å². The molecule has 9 nitrogen and oxygen atoms in total. The van der Waals surface area contributed by atoms with Crippen molar-refractivity contribution in [2.75, 3.05) is 13.2 Å². The summed E-state index contributed by atoms with van der Waals surface area (Å²) in [7, 11) is 0. The molecule has 1 aliphatic rings. The van der Waals surface area contributed by atoms with Gasteiger partial charge in [0.05, 0.1) is 24.9 Å². The summed E-state index contributed by atoms with van der Waals surface area (Å²) in [4.78, 5) is 24.5. The zero-order valence-corrected chi connectivity index (χ0v) is 34.0. The Kier molecular flexibility index (Phi) is 31.2. The average Bonchev–Trinajstić information content (AvgIpc) is 3.12. The summed E-state index contributed by atoms with van der Waals surface area (Å²) in [5.41, 5.74) is 0. The van der Waals surface area contributed by atoms with E-state index < -0.39 is 43.3 Å². The number of aliphatic hydroxyl groups is 4. The van der Waals surface area contributed by atoms with E-state index in [0.717, 1.165) is 44.4 Å². The highest BCUT2D eigenvalue weighted by Crippen LogP contribution is 2.29. The largest absolute Gasteiger partial charge is 0.462 e. The fourth-order valence-electron chi connectivity index (χ4n) is 6.84. The van der Waals surface area contributed by atoms with E-state index >= 15 is 0 Å². The molecule has 4 N–H and O–H groups in total. The fourth-order valence-corrected chi connectivity index (χ4v) is 6.84. The van der Waals surface area contributed by atoms with Gasteiger partial charge in [-0.15, -0.1) is 0 Å². The first-order chi connectivity index (χ1) is 25.7. The smallest absolute Gasteiger partial charge is 0.306 e. The first kappa shape index (κ1) is 49.2. The van der Waals surface area contributed by atoms with Crippen molar-refractivity contribution >= 4 is 11.9 Å². The van der Waals surface area contributed by atoms with Crippen molar-refractivity contribution < 1.29 is 44.2 Å². The minimum absolute atomic E-state index is 0.136. The highest BCUT2D eigenvalue weighted by Gasteiger charge is 2.35. The molecule has 9 heteroatoms. The summed E-state index contributed by atoms with van der Waals surface area (Å²) < 4.78 is 16.2. The molecule has 53 heavy (non-hydrogen) atoms. The first-order valence-corrected chi connectivity index (χ1v) is 21.6. The van der Waals surface area contributed by atoms with Crippen molar-refractivity contribution in [1.29, 1.82) is 0 Å². The van der Waals surface area contributed by atoms with Crippen LogP contribution in [0.3, 0.4) is 0 Å². The molecule has 310 valence electrons. The Morgan fingerprint density at radius 3 is 1.91 bits per heavy atom. The van der Waals surface area contributed by atoms with Crippen molar-refractivity contribution in [3.63, 3.8) is 0 Å². The Labute approximate surface area is 323 Å². The van der Waals surface area contributed by atoms with E-state index in [2.05, 4.69) is 20.8 Å². The maximum absolute atomic E-state index is 12.3. The summed E-state index contributed by atoms with van der Waals surface area (Å²) in [6, 6.07) is 0. The van der Waals surface area contributed by atoms with Crippen molar-refractivity contribution in [3.8, 4) is 0 Å². The molecule has 0 aromatic rings. The van der Waals surface area contributed by atoms with E-state index in [1.54, 1.807) is 12.2 Å². The summed E-state index contributed by atoms with van der Waals surface area (Å²) in [6.45, 7) is 6.16. The van der Waals surface area contributed by atoms with Gasteiger partial charge in [0.15, 0.2) is 12.4 Å². The summed E-state index contributed by atoms with van der Waals surface area (Å²) in [6.07, 6.45) is 30.1. The lowest BCUT2D eigenvalue weighted by Crippen LogP contribution is -2.43. The van der Waals surface area contributed by atoms with Crippen molar-refractivity contribution in [3.05, 3.63) is 24.3 Å². The van der Waals surface area contributed by atoms with Crippen LogP contribution in [0.25, 0.3) is 0 Å². The normalized spacial score (nSPS) is 20.4. The third-order valence-electron chi connectivity index (χ3n) is 10.2. The van der Waals surface area contributed by atoms with E-state index in [-0.39, 0.29) is 31.3 Å². The molecule has 0 bridgehead atoms. The Morgan fingerprint density at radius 1 is 0.755 bits per heavy atom. The molecule has 1 fully saturated rings. The van der Waals surface area contributed by atoms with Crippen molar-refractivity contribution in [1.82, 2.24) is 0 Å². The Hall–Kier alpha value is -1.78. The maximum atomic E-state index is 12.3. The number of hydrogen-bond donors (Lipinski definition) is 4. The van der Waals surface area contributed by atoms with Gasteiger partial charge in [0.2, 0.25) is 0 Å². The fraction of sp³-hybridized carbons (Fsp3) is 0.864. The van der Waals surface area contributed by atoms with Gasteiger partial charge in [0.1, 0.15) is 6.61 Å². The van der Waals surface area contributed by atoms with Crippen LogP contribution in [-0.2, 0) is 23.8 Å². The zero-order valence-electron chi connectivity index (χ0n) is 34.0. The second-order valence-electron chi connectivity index (χ2n) is 15.8. The van der Waals surface area contributed by atoms with Crippen LogP contribution in [-0.4, -0.2) is 76.3 Å². The van der Waals surface area contributed by atoms with E-state index in [1.165, 1.54) is 83.5 Å². The van der Waals surface area contributed by atoms with Crippen LogP contribution in [0.5, 0.6) is 0 Å². The standard InChI is InChI=1S/C44H80O9/c1-4-5-21-27-37(46)31-32-41-39(40(47)33-44(50)53-41)28-23-19-20-24-29-42(48)51-35-38(34-45)52-43(49)30-25-18-16-14-12-10-8-6-7-9-11-13-15-17-22-26-36(2)3/h19,23,31-32,36-41,44-47,50H,4-18,20-22,24-30,33-35H2,1-3H3/b23-19-,32-31+/t37-,38-,39-,40-,41+,44?/m0/s1. The molecule has 0 aliphatic carbocycles. The van der Waals surface area contributed by atoms with Crippen LogP contribution in [0.1, 0.15) is 188 Å². The Morgan fingerprint density at radius 2 is 1.32 bits per heavy atom. The molecule has 0 aromatic carbocycles. The molecule has 1 heterocycles. The van der Waals surface area contributed by atoms with E-state index in [1.807, 2.05) is 12.2 Å². The van der Waals surface area contributed by atoms with E-state index in [4.69, 9.17) is 14.2 Å². The quantitative estimate of drug-likeness (QED) is 0.0287. The third kappa shape index (κ3) is 28.3. The predicted octanol–water partition coefficient (Wildman–Crippen LogP) is 9.42. The molecule has 0 amide bonds. The molecule has 0 aromatic heterocycles. The molecule has 6 atom stereocenters. The zero-order chi connectivity index (χ0) is 38.9. The van der Waals surface area contributed by atoms with Crippen molar-refractivity contribution in [2.45, 2.75) is 218 Å². The minimum atomic E-state index is -1.05. The van der Waals surface area contributed by atoms with Gasteiger partial charge >= 0.3 is 11.9 Å². The van der Waals surface area contributed by atoms with Gasteiger partial charge in [0, 0.05) is 25.2 Å². The van der Waals surface area contributed by atoms with Gasteiger partial charge in [0.25, 0.3) is 0 Å². The number of allylic oxidation sites excluding steroid dienone is 2. The second-order valence-corrected chi connectivity index (χ2v) is 15.8. The molecule has 0 spiro atoms. The molecule has 1 unspecified atom stereocenters. The van der Waals surface area contributed by atoms with Gasteiger partial charge in [-0.1, -0.05) is 161 Å². The number of hydrogen-bond acceptors (Lipinski definition) is 9. The van der Waals surface area contributed by atoms with Gasteiger partial charge in [-0.05, 0) is 38.0 Å². The minimum Gasteiger partial charge on any atom is -0.462 e. The van der Waals surface area contributed by atoms with Crippen LogP contribution < -0.4 is 0 Å². The lowest BCUT2D eigenvalue weighted by molar-refractivity contribution is -0.199. The highest BCUT2D eigenvalue weighted by atomic mass is 16.6. The van der Waals surface area contributed by atoms with Gasteiger partial charge < -0.3 is 34.6 Å². The lowest BCUT2D eigenvalue weighted by Gasteiger charge is -2.36. The number of rotatable bonds is 34. The summed E-state index contributed by atoms with van der Waals surface area (Å²) in [5.74, 6) is -0.199. The number of aliphatic hydroxyl groups excluding tert-OH is 4. The van der Waals surface area contributed by atoms with Gasteiger partial charge in [-0.2, -0.15) is 0 Å². The number of carbonyl (C=O) groups excluding carboxylic acids is 2. The number of ether oxygens (including phenoxy) is 3. The first-order valence-electron chi connectivity index (χ1n) is 21.6. The number of carbonyl (C=O) groups is 2. The number of esters is 2. The van der Waals surface area contributed by atoms with Crippen LogP contribution >= 0.6 is 0 Å². The lowest BCUT2D eigenvalue weighted by atomic mass is 9.87. The SMILES string of the molecule is CCCCC[C@H](O)/C=C/[C@H]1OC(O)C[C@H](O)[C@@H]1C/C=C\CCCC(=O)OC[C@H](CO)OC(=O)CCCCCCCCCCCCCCCCCC(C)C. The van der Waals surface area contributed by atoms with Crippen molar-refractivity contribution in [2.24, 2.45) is 11.8 Å². The Bertz CT molecular complexity index is 936.